The first-order valence-corrected chi connectivity index (χ1v) is 5.50. The molecule has 0 atom stereocenters. The lowest BCUT2D eigenvalue weighted by atomic mass is 10.3. The molecule has 92 valence electrons. The van der Waals surface area contributed by atoms with Crippen molar-refractivity contribution in [1.82, 2.24) is 4.98 Å². The number of hydrogen-bond donors (Lipinski definition) is 0. The highest BCUT2D eigenvalue weighted by Crippen LogP contribution is 2.16. The van der Waals surface area contributed by atoms with Gasteiger partial charge in [0.15, 0.2) is 0 Å². The van der Waals surface area contributed by atoms with Crippen LogP contribution < -0.4 is 0 Å². The highest BCUT2D eigenvalue weighted by molar-refractivity contribution is 9.10. The molecule has 0 aliphatic heterocycles. The first-order valence-electron chi connectivity index (χ1n) is 4.71. The van der Waals surface area contributed by atoms with Crippen LogP contribution in [0, 0.1) is 0 Å². The van der Waals surface area contributed by atoms with Crippen LogP contribution in [-0.4, -0.2) is 17.8 Å². The third-order valence-corrected chi connectivity index (χ3v) is 1.73. The zero-order valence-electron chi connectivity index (χ0n) is 9.01. The van der Waals surface area contributed by atoms with Gasteiger partial charge in [0.25, 0.3) is 0 Å². The van der Waals surface area contributed by atoms with Crippen LogP contribution in [0.15, 0.2) is 22.9 Å². The molecule has 1 aromatic heterocycles. The minimum atomic E-state index is -4.28. The molecule has 0 bridgehead atoms. The summed E-state index contributed by atoms with van der Waals surface area (Å²) in [6.07, 6.45) is -1.27. The maximum atomic E-state index is 11.7. The average Bonchev–Trinajstić information content (AvgIpc) is 2.19. The maximum absolute atomic E-state index is 11.7. The first kappa shape index (κ1) is 15.4. The van der Waals surface area contributed by atoms with Crippen molar-refractivity contribution in [2.45, 2.75) is 26.6 Å². The van der Waals surface area contributed by atoms with Gasteiger partial charge in [0, 0.05) is 16.9 Å². The first-order chi connectivity index (χ1) is 7.47. The normalized spacial score (nSPS) is 10.6. The van der Waals surface area contributed by atoms with Gasteiger partial charge in [0.1, 0.15) is 6.61 Å². The van der Waals surface area contributed by atoms with Gasteiger partial charge in [-0.2, -0.15) is 13.2 Å². The van der Waals surface area contributed by atoms with E-state index >= 15 is 0 Å². The fourth-order valence-electron chi connectivity index (χ4n) is 0.819. The fraction of sp³-hybridized carbons (Fsp3) is 0.500. The van der Waals surface area contributed by atoms with Crippen LogP contribution in [0.3, 0.4) is 0 Å². The molecule has 0 radical (unpaired) electrons. The van der Waals surface area contributed by atoms with Crippen LogP contribution in [0.4, 0.5) is 13.2 Å². The molecule has 1 heterocycles. The van der Waals surface area contributed by atoms with Crippen molar-refractivity contribution in [3.05, 3.63) is 28.5 Å². The van der Waals surface area contributed by atoms with Crippen molar-refractivity contribution in [3.8, 4) is 0 Å². The van der Waals surface area contributed by atoms with E-state index in [1.54, 1.807) is 12.3 Å². The van der Waals surface area contributed by atoms with E-state index in [4.69, 9.17) is 0 Å². The molecule has 16 heavy (non-hydrogen) atoms. The minimum absolute atomic E-state index is 0.0913. The highest BCUT2D eigenvalue weighted by Gasteiger charge is 2.27. The van der Waals surface area contributed by atoms with Crippen LogP contribution in [0.2, 0.25) is 0 Å². The van der Waals surface area contributed by atoms with Gasteiger partial charge < -0.3 is 4.74 Å². The summed E-state index contributed by atoms with van der Waals surface area (Å²) in [6.45, 7) is 2.67. The van der Waals surface area contributed by atoms with Crippen molar-refractivity contribution in [3.63, 3.8) is 0 Å². The van der Waals surface area contributed by atoms with Gasteiger partial charge in [-0.3, -0.25) is 4.98 Å². The summed E-state index contributed by atoms with van der Waals surface area (Å²) in [5.41, 5.74) is 0.601. The average molecular weight is 300 g/mol. The number of hydrogen-bond acceptors (Lipinski definition) is 2. The zero-order valence-corrected chi connectivity index (χ0v) is 10.6. The van der Waals surface area contributed by atoms with Crippen LogP contribution >= 0.6 is 15.9 Å². The summed E-state index contributed by atoms with van der Waals surface area (Å²) < 4.78 is 40.2. The molecule has 0 saturated heterocycles. The standard InChI is InChI=1S/C8H7BrF3NO.C2H6/c9-7-1-6(2-13-3-7)4-14-5-8(10,11)12;1-2/h1-3H,4-5H2;1-2H3. The van der Waals surface area contributed by atoms with E-state index in [0.717, 1.165) is 0 Å². The topological polar surface area (TPSA) is 22.1 Å². The van der Waals surface area contributed by atoms with E-state index in [1.807, 2.05) is 13.8 Å². The molecular weight excluding hydrogens is 287 g/mol. The molecule has 0 unspecified atom stereocenters. The van der Waals surface area contributed by atoms with Gasteiger partial charge >= 0.3 is 6.18 Å². The summed E-state index contributed by atoms with van der Waals surface area (Å²) >= 11 is 3.15. The Hall–Kier alpha value is -0.620. The number of halogens is 4. The number of rotatable bonds is 3. The van der Waals surface area contributed by atoms with Crippen LogP contribution in [-0.2, 0) is 11.3 Å². The second-order valence-corrected chi connectivity index (χ2v) is 3.54. The predicted octanol–water partition coefficient (Wildman–Crippen LogP) is 3.95. The maximum Gasteiger partial charge on any atom is 0.411 e. The Morgan fingerprint density at radius 3 is 2.44 bits per heavy atom. The lowest BCUT2D eigenvalue weighted by Crippen LogP contribution is -2.16. The fourth-order valence-corrected chi connectivity index (χ4v) is 1.23. The molecule has 1 rings (SSSR count). The molecule has 1 aromatic rings. The second kappa shape index (κ2) is 7.62. The lowest BCUT2D eigenvalue weighted by molar-refractivity contribution is -0.176. The van der Waals surface area contributed by atoms with E-state index in [-0.39, 0.29) is 6.61 Å². The number of pyridine rings is 1. The van der Waals surface area contributed by atoms with E-state index in [1.165, 1.54) is 6.20 Å². The Labute approximate surface area is 101 Å². The molecular formula is C10H13BrF3NO. The summed E-state index contributed by atoms with van der Waals surface area (Å²) in [6, 6.07) is 1.66. The summed E-state index contributed by atoms with van der Waals surface area (Å²) in [4.78, 5) is 3.79. The van der Waals surface area contributed by atoms with Crippen molar-refractivity contribution >= 4 is 15.9 Å². The molecule has 0 fully saturated rings. The van der Waals surface area contributed by atoms with E-state index < -0.39 is 12.8 Å². The third kappa shape index (κ3) is 7.64. The van der Waals surface area contributed by atoms with Crippen LogP contribution in [0.1, 0.15) is 19.4 Å². The monoisotopic (exact) mass is 299 g/mol. The molecule has 0 aliphatic rings. The molecule has 0 aliphatic carbocycles. The van der Waals surface area contributed by atoms with Crippen LogP contribution in [0.5, 0.6) is 0 Å². The van der Waals surface area contributed by atoms with Gasteiger partial charge in [-0.25, -0.2) is 0 Å². The lowest BCUT2D eigenvalue weighted by Gasteiger charge is -2.07. The molecule has 0 amide bonds. The quantitative estimate of drug-likeness (QED) is 0.843. The number of nitrogens with zero attached hydrogens (tertiary/aromatic N) is 1. The Morgan fingerprint density at radius 1 is 1.31 bits per heavy atom. The molecule has 0 aromatic carbocycles. The van der Waals surface area contributed by atoms with Crippen molar-refractivity contribution < 1.29 is 17.9 Å². The Kier molecular flexibility index (Phi) is 7.33. The van der Waals surface area contributed by atoms with Gasteiger partial charge in [-0.05, 0) is 27.6 Å². The van der Waals surface area contributed by atoms with Gasteiger partial charge in [-0.15, -0.1) is 0 Å². The van der Waals surface area contributed by atoms with Crippen molar-refractivity contribution in [1.29, 1.82) is 0 Å². The number of ether oxygens (including phenoxy) is 1. The smallest absolute Gasteiger partial charge is 0.367 e. The molecule has 6 heteroatoms. The molecule has 2 nitrogen and oxygen atoms in total. The van der Waals surface area contributed by atoms with Crippen molar-refractivity contribution in [2.75, 3.05) is 6.61 Å². The van der Waals surface area contributed by atoms with Gasteiger partial charge in [0.05, 0.1) is 6.61 Å². The summed E-state index contributed by atoms with van der Waals surface area (Å²) in [7, 11) is 0. The van der Waals surface area contributed by atoms with E-state index in [9.17, 15) is 13.2 Å². The SMILES string of the molecule is CC.FC(F)(F)COCc1cncc(Br)c1. The predicted molar refractivity (Wildman–Crippen MR) is 59.0 cm³/mol. The molecule has 0 spiro atoms. The number of alkyl halides is 3. The number of aromatic nitrogens is 1. The molecule has 0 saturated carbocycles. The Balaban J connectivity index is 0.00000106. The Bertz CT molecular complexity index is 304. The van der Waals surface area contributed by atoms with Crippen LogP contribution in [0.25, 0.3) is 0 Å². The minimum Gasteiger partial charge on any atom is -0.367 e. The second-order valence-electron chi connectivity index (χ2n) is 2.62. The Morgan fingerprint density at radius 2 is 1.94 bits per heavy atom. The zero-order chi connectivity index (χ0) is 12.6. The van der Waals surface area contributed by atoms with E-state index in [0.29, 0.717) is 10.0 Å². The summed E-state index contributed by atoms with van der Waals surface area (Å²) in [5.74, 6) is 0. The molecule has 0 N–H and O–H groups in total. The van der Waals surface area contributed by atoms with E-state index in [2.05, 4.69) is 25.7 Å². The highest BCUT2D eigenvalue weighted by atomic mass is 79.9. The third-order valence-electron chi connectivity index (χ3n) is 1.30. The van der Waals surface area contributed by atoms with Gasteiger partial charge in [0.2, 0.25) is 0 Å². The largest absolute Gasteiger partial charge is 0.411 e. The van der Waals surface area contributed by atoms with Crippen molar-refractivity contribution in [2.24, 2.45) is 0 Å². The summed E-state index contributed by atoms with van der Waals surface area (Å²) in [5, 5.41) is 0. The van der Waals surface area contributed by atoms with Gasteiger partial charge in [-0.1, -0.05) is 13.8 Å².